The fourth-order valence-electron chi connectivity index (χ4n) is 1.28. The summed E-state index contributed by atoms with van der Waals surface area (Å²) < 4.78 is 0. The summed E-state index contributed by atoms with van der Waals surface area (Å²) in [4.78, 5) is 10.9. The maximum absolute atomic E-state index is 10.9. The van der Waals surface area contributed by atoms with Gasteiger partial charge >= 0.3 is 0 Å². The van der Waals surface area contributed by atoms with Crippen molar-refractivity contribution in [1.29, 1.82) is 0 Å². The van der Waals surface area contributed by atoms with Crippen LogP contribution in [0.1, 0.15) is 13.3 Å². The van der Waals surface area contributed by atoms with Gasteiger partial charge < -0.3 is 5.32 Å². The highest BCUT2D eigenvalue weighted by atomic mass is 16.2. The van der Waals surface area contributed by atoms with E-state index in [9.17, 15) is 4.79 Å². The third-order valence-corrected chi connectivity index (χ3v) is 1.96. The molecular weight excluding hydrogens is 130 g/mol. The molecule has 0 aromatic heterocycles. The summed E-state index contributed by atoms with van der Waals surface area (Å²) in [5.74, 6) is 5.27. The second kappa shape index (κ2) is 2.98. The fraction of sp³-hybridized carbons (Fsp3) is 0.833. The van der Waals surface area contributed by atoms with Gasteiger partial charge in [0.2, 0.25) is 0 Å². The molecule has 1 fully saturated rings. The van der Waals surface area contributed by atoms with Crippen molar-refractivity contribution in [2.24, 2.45) is 11.8 Å². The lowest BCUT2D eigenvalue weighted by Gasteiger charge is -2.12. The van der Waals surface area contributed by atoms with Crippen molar-refractivity contribution < 1.29 is 4.79 Å². The number of carbonyl (C=O) groups excluding carboxylic acids is 1. The van der Waals surface area contributed by atoms with Gasteiger partial charge in [-0.05, 0) is 18.9 Å². The molecule has 1 aliphatic rings. The van der Waals surface area contributed by atoms with Crippen molar-refractivity contribution in [2.75, 3.05) is 6.54 Å². The molecule has 58 valence electrons. The largest absolute Gasteiger partial charge is 0.306 e. The Morgan fingerprint density at radius 2 is 2.50 bits per heavy atom. The van der Waals surface area contributed by atoms with Crippen molar-refractivity contribution in [3.8, 4) is 0 Å². The SMILES string of the molecule is C[C@H]1CCN[C@H]1C(=O)NN. The highest BCUT2D eigenvalue weighted by Crippen LogP contribution is 2.13. The summed E-state index contributed by atoms with van der Waals surface area (Å²) in [7, 11) is 0. The van der Waals surface area contributed by atoms with Crippen LogP contribution in [0.25, 0.3) is 0 Å². The Morgan fingerprint density at radius 1 is 1.80 bits per heavy atom. The molecule has 0 aromatic rings. The first-order valence-corrected chi connectivity index (χ1v) is 3.49. The molecule has 2 atom stereocenters. The standard InChI is InChI=1S/C6H13N3O/c1-4-2-3-8-5(4)6(10)9-7/h4-5,8H,2-3,7H2,1H3,(H,9,10)/t4-,5+/m0/s1. The van der Waals surface area contributed by atoms with Gasteiger partial charge in [-0.2, -0.15) is 0 Å². The molecule has 0 aliphatic carbocycles. The molecule has 0 aromatic carbocycles. The maximum atomic E-state index is 10.9. The van der Waals surface area contributed by atoms with Crippen molar-refractivity contribution in [1.82, 2.24) is 10.7 Å². The topological polar surface area (TPSA) is 67.2 Å². The van der Waals surface area contributed by atoms with Crippen LogP contribution >= 0.6 is 0 Å². The van der Waals surface area contributed by atoms with Gasteiger partial charge in [-0.25, -0.2) is 5.84 Å². The van der Waals surface area contributed by atoms with Crippen LogP contribution in [0.3, 0.4) is 0 Å². The maximum Gasteiger partial charge on any atom is 0.251 e. The number of nitrogens with two attached hydrogens (primary N) is 1. The minimum Gasteiger partial charge on any atom is -0.306 e. The Kier molecular flexibility index (Phi) is 2.24. The van der Waals surface area contributed by atoms with E-state index >= 15 is 0 Å². The summed E-state index contributed by atoms with van der Waals surface area (Å²) in [5, 5.41) is 3.06. The van der Waals surface area contributed by atoms with E-state index in [1.54, 1.807) is 0 Å². The smallest absolute Gasteiger partial charge is 0.251 e. The Labute approximate surface area is 60.1 Å². The van der Waals surface area contributed by atoms with Crippen LogP contribution in [0.5, 0.6) is 0 Å². The molecule has 0 bridgehead atoms. The second-order valence-corrected chi connectivity index (χ2v) is 2.71. The van der Waals surface area contributed by atoms with Crippen LogP contribution < -0.4 is 16.6 Å². The zero-order valence-corrected chi connectivity index (χ0v) is 6.05. The summed E-state index contributed by atoms with van der Waals surface area (Å²) in [6, 6.07) is -0.0787. The Morgan fingerprint density at radius 3 is 2.90 bits per heavy atom. The highest BCUT2D eigenvalue weighted by Gasteiger charge is 2.28. The summed E-state index contributed by atoms with van der Waals surface area (Å²) in [6.07, 6.45) is 1.05. The van der Waals surface area contributed by atoms with E-state index in [2.05, 4.69) is 10.7 Å². The average molecular weight is 143 g/mol. The first-order valence-electron chi connectivity index (χ1n) is 3.49. The molecule has 4 nitrogen and oxygen atoms in total. The molecule has 1 aliphatic heterocycles. The Hall–Kier alpha value is -0.610. The lowest BCUT2D eigenvalue weighted by molar-refractivity contribution is -0.123. The lowest BCUT2D eigenvalue weighted by Crippen LogP contribution is -2.46. The molecule has 0 spiro atoms. The summed E-state index contributed by atoms with van der Waals surface area (Å²) in [5.41, 5.74) is 2.14. The number of rotatable bonds is 1. The number of carbonyl (C=O) groups is 1. The quantitative estimate of drug-likeness (QED) is 0.250. The molecule has 0 unspecified atom stereocenters. The van der Waals surface area contributed by atoms with E-state index in [1.165, 1.54) is 0 Å². The summed E-state index contributed by atoms with van der Waals surface area (Å²) in [6.45, 7) is 2.96. The first-order chi connectivity index (χ1) is 4.75. The van der Waals surface area contributed by atoms with Crippen molar-refractivity contribution in [3.05, 3.63) is 0 Å². The summed E-state index contributed by atoms with van der Waals surface area (Å²) >= 11 is 0. The molecule has 1 amide bonds. The van der Waals surface area contributed by atoms with Crippen LogP contribution in [-0.2, 0) is 4.79 Å². The minimum atomic E-state index is -0.106. The van der Waals surface area contributed by atoms with E-state index in [4.69, 9.17) is 5.84 Å². The van der Waals surface area contributed by atoms with E-state index in [-0.39, 0.29) is 11.9 Å². The van der Waals surface area contributed by atoms with Gasteiger partial charge in [0, 0.05) is 0 Å². The van der Waals surface area contributed by atoms with Gasteiger partial charge in [0.05, 0.1) is 6.04 Å². The predicted octanol–water partition coefficient (Wildman–Crippen LogP) is -1.03. The third-order valence-electron chi connectivity index (χ3n) is 1.96. The Bertz CT molecular complexity index is 137. The highest BCUT2D eigenvalue weighted by molar-refractivity contribution is 5.81. The molecule has 4 heteroatoms. The van der Waals surface area contributed by atoms with E-state index in [0.29, 0.717) is 5.92 Å². The molecule has 0 radical (unpaired) electrons. The van der Waals surface area contributed by atoms with Crippen molar-refractivity contribution in [2.45, 2.75) is 19.4 Å². The number of nitrogens with one attached hydrogen (secondary N) is 2. The van der Waals surface area contributed by atoms with Gasteiger partial charge in [-0.15, -0.1) is 0 Å². The van der Waals surface area contributed by atoms with Gasteiger partial charge in [0.1, 0.15) is 0 Å². The number of hydrazine groups is 1. The second-order valence-electron chi connectivity index (χ2n) is 2.71. The lowest BCUT2D eigenvalue weighted by atomic mass is 10.0. The molecule has 4 N–H and O–H groups in total. The van der Waals surface area contributed by atoms with Crippen LogP contribution in [0, 0.1) is 5.92 Å². The minimum absolute atomic E-state index is 0.0787. The molecule has 1 rings (SSSR count). The van der Waals surface area contributed by atoms with E-state index < -0.39 is 0 Å². The van der Waals surface area contributed by atoms with Crippen LogP contribution in [0.4, 0.5) is 0 Å². The monoisotopic (exact) mass is 143 g/mol. The normalized spacial score (nSPS) is 32.2. The molecule has 1 saturated heterocycles. The zero-order valence-electron chi connectivity index (χ0n) is 6.05. The van der Waals surface area contributed by atoms with E-state index in [0.717, 1.165) is 13.0 Å². The van der Waals surface area contributed by atoms with Crippen molar-refractivity contribution in [3.63, 3.8) is 0 Å². The number of hydrogen-bond donors (Lipinski definition) is 3. The van der Waals surface area contributed by atoms with Crippen LogP contribution in [0.2, 0.25) is 0 Å². The van der Waals surface area contributed by atoms with Crippen LogP contribution in [0.15, 0.2) is 0 Å². The van der Waals surface area contributed by atoms with Gasteiger partial charge in [-0.1, -0.05) is 6.92 Å². The van der Waals surface area contributed by atoms with Crippen LogP contribution in [-0.4, -0.2) is 18.5 Å². The van der Waals surface area contributed by atoms with Gasteiger partial charge in [-0.3, -0.25) is 10.2 Å². The zero-order chi connectivity index (χ0) is 7.56. The molecular formula is C6H13N3O. The Balaban J connectivity index is 2.46. The predicted molar refractivity (Wildman–Crippen MR) is 37.9 cm³/mol. The molecule has 1 heterocycles. The first kappa shape index (κ1) is 7.50. The fourth-order valence-corrected chi connectivity index (χ4v) is 1.28. The van der Waals surface area contributed by atoms with Gasteiger partial charge in [0.25, 0.3) is 5.91 Å². The molecule has 10 heavy (non-hydrogen) atoms. The van der Waals surface area contributed by atoms with Crippen molar-refractivity contribution >= 4 is 5.91 Å². The third kappa shape index (κ3) is 1.27. The molecule has 0 saturated carbocycles. The number of amides is 1. The average Bonchev–Trinajstić information content (AvgIpc) is 2.34. The van der Waals surface area contributed by atoms with Gasteiger partial charge in [0.15, 0.2) is 0 Å². The number of hydrogen-bond acceptors (Lipinski definition) is 3. The van der Waals surface area contributed by atoms with E-state index in [1.807, 2.05) is 6.92 Å².